The zero-order valence-corrected chi connectivity index (χ0v) is 9.39. The molecule has 0 bridgehead atoms. The average Bonchev–Trinajstić information content (AvgIpc) is 1.83. The monoisotopic (exact) mass is 186 g/mol. The fraction of sp³-hybridized carbons (Fsp3) is 0.556. The second-order valence-electron chi connectivity index (χ2n) is 3.19. The number of hydrogen-bond acceptors (Lipinski definition) is 2. The lowest BCUT2D eigenvalue weighted by atomic mass is 10.5. The van der Waals surface area contributed by atoms with E-state index in [1.807, 2.05) is 27.3 Å². The summed E-state index contributed by atoms with van der Waals surface area (Å²) < 4.78 is 11.1. The quantitative estimate of drug-likeness (QED) is 0.485. The van der Waals surface area contributed by atoms with Crippen LogP contribution < -0.4 is 0 Å². The van der Waals surface area contributed by atoms with E-state index in [1.54, 1.807) is 5.70 Å². The zero-order chi connectivity index (χ0) is 9.78. The fourth-order valence-electron chi connectivity index (χ4n) is 0.928. The van der Waals surface area contributed by atoms with E-state index in [9.17, 15) is 0 Å². The SMILES string of the molecule is C=C[Si](C)(OC(=C)C)OC(C)C. The van der Waals surface area contributed by atoms with Crippen LogP contribution in [0, 0.1) is 0 Å². The summed E-state index contributed by atoms with van der Waals surface area (Å²) >= 11 is 0. The molecule has 0 fully saturated rings. The van der Waals surface area contributed by atoms with Crippen LogP contribution in [0.1, 0.15) is 20.8 Å². The summed E-state index contributed by atoms with van der Waals surface area (Å²) in [7, 11) is -2.19. The van der Waals surface area contributed by atoms with Gasteiger partial charge in [0.1, 0.15) is 0 Å². The van der Waals surface area contributed by atoms with Crippen molar-refractivity contribution < 1.29 is 8.85 Å². The summed E-state index contributed by atoms with van der Waals surface area (Å²) in [5.74, 6) is 0.685. The Morgan fingerprint density at radius 2 is 2.00 bits per heavy atom. The van der Waals surface area contributed by atoms with Gasteiger partial charge in [0.15, 0.2) is 0 Å². The highest BCUT2D eigenvalue weighted by atomic mass is 28.4. The summed E-state index contributed by atoms with van der Waals surface area (Å²) in [4.78, 5) is 0. The minimum absolute atomic E-state index is 0.166. The zero-order valence-electron chi connectivity index (χ0n) is 8.39. The molecule has 0 saturated heterocycles. The number of rotatable bonds is 5. The van der Waals surface area contributed by atoms with Gasteiger partial charge in [0, 0.05) is 6.10 Å². The highest BCUT2D eigenvalue weighted by Crippen LogP contribution is 2.14. The minimum Gasteiger partial charge on any atom is -0.522 e. The minimum atomic E-state index is -2.19. The molecular formula is C9H18O2Si. The molecule has 0 N–H and O–H groups in total. The molecule has 0 spiro atoms. The first-order valence-electron chi connectivity index (χ1n) is 4.05. The summed E-state index contributed by atoms with van der Waals surface area (Å²) in [5.41, 5.74) is 1.77. The molecule has 0 saturated carbocycles. The molecule has 2 nitrogen and oxygen atoms in total. The van der Waals surface area contributed by atoms with Crippen molar-refractivity contribution in [3.8, 4) is 0 Å². The van der Waals surface area contributed by atoms with Crippen LogP contribution in [0.3, 0.4) is 0 Å². The fourth-order valence-corrected chi connectivity index (χ4v) is 2.78. The van der Waals surface area contributed by atoms with Crippen LogP contribution in [0.2, 0.25) is 6.55 Å². The van der Waals surface area contributed by atoms with E-state index in [0.717, 1.165) is 0 Å². The topological polar surface area (TPSA) is 18.5 Å². The van der Waals surface area contributed by atoms with Crippen molar-refractivity contribution in [2.45, 2.75) is 33.4 Å². The molecular weight excluding hydrogens is 168 g/mol. The van der Waals surface area contributed by atoms with E-state index in [4.69, 9.17) is 8.85 Å². The Labute approximate surface area is 76.1 Å². The summed E-state index contributed by atoms with van der Waals surface area (Å²) in [5, 5.41) is 0. The molecule has 1 unspecified atom stereocenters. The number of allylic oxidation sites excluding steroid dienone is 1. The highest BCUT2D eigenvalue weighted by molar-refractivity contribution is 6.71. The predicted octanol–water partition coefficient (Wildman–Crippen LogP) is 2.76. The molecule has 0 rings (SSSR count). The van der Waals surface area contributed by atoms with Crippen molar-refractivity contribution in [2.75, 3.05) is 0 Å². The van der Waals surface area contributed by atoms with Gasteiger partial charge in [-0.05, 0) is 33.0 Å². The lowest BCUT2D eigenvalue weighted by Crippen LogP contribution is -2.38. The predicted molar refractivity (Wildman–Crippen MR) is 53.9 cm³/mol. The van der Waals surface area contributed by atoms with Gasteiger partial charge in [-0.1, -0.05) is 6.58 Å². The standard InChI is InChI=1S/C9H18O2Si/c1-7-12(6,10-8(2)3)11-9(4)5/h7,9H,1-2H2,3-6H3. The molecule has 0 amide bonds. The van der Waals surface area contributed by atoms with Crippen LogP contribution >= 0.6 is 0 Å². The van der Waals surface area contributed by atoms with Gasteiger partial charge in [0.2, 0.25) is 0 Å². The third-order valence-electron chi connectivity index (χ3n) is 1.22. The molecule has 70 valence electrons. The molecule has 0 aromatic rings. The molecule has 12 heavy (non-hydrogen) atoms. The van der Waals surface area contributed by atoms with E-state index in [0.29, 0.717) is 5.76 Å². The third kappa shape index (κ3) is 4.36. The molecule has 0 aliphatic heterocycles. The van der Waals surface area contributed by atoms with E-state index < -0.39 is 8.56 Å². The maximum atomic E-state index is 5.64. The molecule has 0 aliphatic rings. The third-order valence-corrected chi connectivity index (χ3v) is 3.65. The maximum absolute atomic E-state index is 5.64. The van der Waals surface area contributed by atoms with Gasteiger partial charge in [-0.15, -0.1) is 6.58 Å². The van der Waals surface area contributed by atoms with Crippen LogP contribution in [0.5, 0.6) is 0 Å². The van der Waals surface area contributed by atoms with E-state index in [-0.39, 0.29) is 6.10 Å². The summed E-state index contributed by atoms with van der Waals surface area (Å²) in [6, 6.07) is 0. The van der Waals surface area contributed by atoms with Gasteiger partial charge < -0.3 is 8.85 Å². The van der Waals surface area contributed by atoms with Gasteiger partial charge in [-0.3, -0.25) is 0 Å². The lowest BCUT2D eigenvalue weighted by Gasteiger charge is -2.26. The van der Waals surface area contributed by atoms with E-state index >= 15 is 0 Å². The first-order chi connectivity index (χ1) is 5.39. The van der Waals surface area contributed by atoms with E-state index in [1.165, 1.54) is 0 Å². The Bertz CT molecular complexity index is 177. The van der Waals surface area contributed by atoms with Crippen molar-refractivity contribution in [2.24, 2.45) is 0 Å². The van der Waals surface area contributed by atoms with Gasteiger partial charge in [-0.2, -0.15) is 0 Å². The molecule has 0 aliphatic carbocycles. The summed E-state index contributed by atoms with van der Waals surface area (Å²) in [6.45, 7) is 15.1. The lowest BCUT2D eigenvalue weighted by molar-refractivity contribution is 0.172. The Morgan fingerprint density at radius 1 is 1.50 bits per heavy atom. The Balaban J connectivity index is 4.23. The van der Waals surface area contributed by atoms with Crippen LogP contribution in [0.15, 0.2) is 24.6 Å². The molecule has 3 heteroatoms. The Morgan fingerprint density at radius 3 is 2.25 bits per heavy atom. The van der Waals surface area contributed by atoms with Crippen LogP contribution in [-0.4, -0.2) is 14.7 Å². The van der Waals surface area contributed by atoms with E-state index in [2.05, 4.69) is 13.2 Å². The first-order valence-corrected chi connectivity index (χ1v) is 6.45. The average molecular weight is 186 g/mol. The van der Waals surface area contributed by atoms with Crippen molar-refractivity contribution in [1.29, 1.82) is 0 Å². The molecule has 1 atom stereocenters. The second kappa shape index (κ2) is 4.47. The maximum Gasteiger partial charge on any atom is 0.422 e. The van der Waals surface area contributed by atoms with Gasteiger partial charge in [0.25, 0.3) is 0 Å². The van der Waals surface area contributed by atoms with Crippen LogP contribution in [0.4, 0.5) is 0 Å². The van der Waals surface area contributed by atoms with Crippen molar-refractivity contribution in [1.82, 2.24) is 0 Å². The molecule has 0 aromatic carbocycles. The van der Waals surface area contributed by atoms with Gasteiger partial charge in [-0.25, -0.2) is 0 Å². The van der Waals surface area contributed by atoms with Crippen LogP contribution in [0.25, 0.3) is 0 Å². The van der Waals surface area contributed by atoms with Crippen molar-refractivity contribution in [3.05, 3.63) is 24.6 Å². The Hall–Kier alpha value is -0.543. The molecule has 0 aromatic heterocycles. The first kappa shape index (κ1) is 11.5. The Kier molecular flexibility index (Phi) is 4.27. The normalized spacial score (nSPS) is 15.4. The highest BCUT2D eigenvalue weighted by Gasteiger charge is 2.30. The molecule has 0 heterocycles. The van der Waals surface area contributed by atoms with Crippen LogP contribution in [-0.2, 0) is 8.85 Å². The largest absolute Gasteiger partial charge is 0.522 e. The van der Waals surface area contributed by atoms with Gasteiger partial charge in [0.05, 0.1) is 5.76 Å². The summed E-state index contributed by atoms with van der Waals surface area (Å²) in [6.07, 6.45) is 0.166. The second-order valence-corrected chi connectivity index (χ2v) is 6.07. The molecule has 0 radical (unpaired) electrons. The van der Waals surface area contributed by atoms with Gasteiger partial charge >= 0.3 is 8.56 Å². The number of hydrogen-bond donors (Lipinski definition) is 0. The van der Waals surface area contributed by atoms with Crippen molar-refractivity contribution >= 4 is 8.56 Å². The smallest absolute Gasteiger partial charge is 0.422 e. The van der Waals surface area contributed by atoms with Crippen molar-refractivity contribution in [3.63, 3.8) is 0 Å².